The van der Waals surface area contributed by atoms with Crippen molar-refractivity contribution in [2.75, 3.05) is 26.2 Å². The first-order chi connectivity index (χ1) is 23.1. The van der Waals surface area contributed by atoms with Crippen LogP contribution in [0.2, 0.25) is 0 Å². The van der Waals surface area contributed by atoms with Crippen LogP contribution in [0.4, 0.5) is 4.79 Å². The molecular formula is C39H47BrN4O4. The third-order valence-electron chi connectivity index (χ3n) is 8.70. The molecule has 48 heavy (non-hydrogen) atoms. The number of amides is 2. The highest BCUT2D eigenvalue weighted by Crippen LogP contribution is 2.28. The first kappa shape index (κ1) is 35.5. The Morgan fingerprint density at radius 2 is 1.58 bits per heavy atom. The lowest BCUT2D eigenvalue weighted by molar-refractivity contribution is -0.0185. The standard InChI is InChI=1S/C39H47BrN4O4/c1-39(2,3)48-38(47)41-21-10-15-35-37(46)44(26-34(27-11-6-4-7-12-27)28-13-8-5-9-14-28)22-20-33(43-35)25-42-36(45)31-17-16-30-24-32(40)19-18-29(30)23-31/h4-9,11-14,16-19,23-24,33-35,37,43,46H,10,15,20-22,25-26H2,1-3H3,(H,41,47)(H,42,45). The van der Waals surface area contributed by atoms with E-state index in [1.807, 2.05) is 69.3 Å². The fraction of sp³-hybridized carbons (Fsp3) is 0.385. The molecule has 5 rings (SSSR count). The Bertz CT molecular complexity index is 1610. The third kappa shape index (κ3) is 10.1. The Morgan fingerprint density at radius 1 is 0.938 bits per heavy atom. The molecule has 0 spiro atoms. The number of alkyl carbamates (subject to hydrolysis) is 1. The quantitative estimate of drug-likeness (QED) is 0.127. The number of aliphatic hydroxyl groups is 1. The molecule has 0 bridgehead atoms. The number of hydrogen-bond donors (Lipinski definition) is 4. The molecule has 1 saturated heterocycles. The van der Waals surface area contributed by atoms with Gasteiger partial charge in [0.15, 0.2) is 0 Å². The zero-order valence-corrected chi connectivity index (χ0v) is 29.6. The lowest BCUT2D eigenvalue weighted by Gasteiger charge is -2.34. The molecule has 4 N–H and O–H groups in total. The van der Waals surface area contributed by atoms with Crippen molar-refractivity contribution in [3.8, 4) is 0 Å². The number of aliphatic hydroxyl groups excluding tert-OH is 1. The fourth-order valence-corrected chi connectivity index (χ4v) is 6.66. The van der Waals surface area contributed by atoms with Crippen LogP contribution in [0.15, 0.2) is 102 Å². The summed E-state index contributed by atoms with van der Waals surface area (Å²) in [4.78, 5) is 27.7. The molecule has 3 atom stereocenters. The minimum absolute atomic E-state index is 0.0549. The van der Waals surface area contributed by atoms with Crippen molar-refractivity contribution >= 4 is 38.7 Å². The van der Waals surface area contributed by atoms with E-state index in [4.69, 9.17) is 4.74 Å². The van der Waals surface area contributed by atoms with Gasteiger partial charge < -0.3 is 25.8 Å². The molecule has 0 aromatic heterocycles. The minimum Gasteiger partial charge on any atom is -0.444 e. The minimum atomic E-state index is -0.762. The molecule has 2 amide bonds. The molecule has 254 valence electrons. The van der Waals surface area contributed by atoms with Gasteiger partial charge in [-0.1, -0.05) is 88.7 Å². The monoisotopic (exact) mass is 714 g/mol. The van der Waals surface area contributed by atoms with E-state index >= 15 is 0 Å². The smallest absolute Gasteiger partial charge is 0.407 e. The Labute approximate surface area is 292 Å². The van der Waals surface area contributed by atoms with Gasteiger partial charge in [-0.15, -0.1) is 0 Å². The van der Waals surface area contributed by atoms with Crippen molar-refractivity contribution in [2.24, 2.45) is 0 Å². The molecule has 0 saturated carbocycles. The van der Waals surface area contributed by atoms with E-state index in [9.17, 15) is 14.7 Å². The zero-order valence-electron chi connectivity index (χ0n) is 28.0. The van der Waals surface area contributed by atoms with Crippen molar-refractivity contribution in [3.63, 3.8) is 0 Å². The van der Waals surface area contributed by atoms with Crippen LogP contribution in [0.3, 0.4) is 0 Å². The zero-order chi connectivity index (χ0) is 34.1. The second kappa shape index (κ2) is 16.6. The molecule has 4 aromatic carbocycles. The Balaban J connectivity index is 1.29. The third-order valence-corrected chi connectivity index (χ3v) is 9.20. The summed E-state index contributed by atoms with van der Waals surface area (Å²) < 4.78 is 6.38. The molecular weight excluding hydrogens is 668 g/mol. The Hall–Kier alpha value is -3.76. The van der Waals surface area contributed by atoms with Gasteiger partial charge in [0.2, 0.25) is 0 Å². The van der Waals surface area contributed by atoms with Crippen molar-refractivity contribution in [1.82, 2.24) is 20.9 Å². The lowest BCUT2D eigenvalue weighted by Crippen LogP contribution is -2.52. The number of fused-ring (bicyclic) bond motifs is 1. The largest absolute Gasteiger partial charge is 0.444 e. The Kier molecular flexibility index (Phi) is 12.3. The molecule has 9 heteroatoms. The van der Waals surface area contributed by atoms with Crippen LogP contribution in [0.1, 0.15) is 67.4 Å². The number of rotatable bonds is 11. The number of halogens is 1. The molecule has 4 aromatic rings. The topological polar surface area (TPSA) is 103 Å². The molecule has 1 aliphatic heterocycles. The maximum Gasteiger partial charge on any atom is 0.407 e. The number of nitrogens with one attached hydrogen (secondary N) is 3. The van der Waals surface area contributed by atoms with E-state index in [1.165, 1.54) is 11.1 Å². The number of hydrogen-bond acceptors (Lipinski definition) is 6. The lowest BCUT2D eigenvalue weighted by atomic mass is 9.90. The summed E-state index contributed by atoms with van der Waals surface area (Å²) in [6.45, 7) is 7.65. The van der Waals surface area contributed by atoms with Crippen LogP contribution in [-0.2, 0) is 4.74 Å². The SMILES string of the molecule is CC(C)(C)OC(=O)NCCCC1NC(CNC(=O)c2ccc3cc(Br)ccc3c2)CCN(CC(c2ccccc2)c2ccccc2)C1O. The van der Waals surface area contributed by atoms with E-state index in [2.05, 4.69) is 85.3 Å². The summed E-state index contributed by atoms with van der Waals surface area (Å²) in [5.74, 6) is -0.0593. The summed E-state index contributed by atoms with van der Waals surface area (Å²) in [6.07, 6.45) is 0.802. The van der Waals surface area contributed by atoms with Crippen LogP contribution >= 0.6 is 15.9 Å². The van der Waals surface area contributed by atoms with E-state index < -0.39 is 17.9 Å². The molecule has 0 radical (unpaired) electrons. The van der Waals surface area contributed by atoms with Crippen LogP contribution in [-0.4, -0.2) is 72.1 Å². The fourth-order valence-electron chi connectivity index (χ4n) is 6.28. The normalized spacial score (nSPS) is 18.8. The summed E-state index contributed by atoms with van der Waals surface area (Å²) in [5, 5.41) is 23.6. The van der Waals surface area contributed by atoms with Crippen molar-refractivity contribution < 1.29 is 19.4 Å². The number of benzene rings is 4. The number of nitrogens with zero attached hydrogens (tertiary/aromatic N) is 1. The van der Waals surface area contributed by atoms with Crippen LogP contribution < -0.4 is 16.0 Å². The molecule has 1 heterocycles. The van der Waals surface area contributed by atoms with Gasteiger partial charge in [0.25, 0.3) is 5.91 Å². The van der Waals surface area contributed by atoms with Crippen LogP contribution in [0, 0.1) is 0 Å². The summed E-state index contributed by atoms with van der Waals surface area (Å²) >= 11 is 3.51. The van der Waals surface area contributed by atoms with Gasteiger partial charge in [-0.3, -0.25) is 9.69 Å². The predicted molar refractivity (Wildman–Crippen MR) is 195 cm³/mol. The molecule has 1 fully saturated rings. The predicted octanol–water partition coefficient (Wildman–Crippen LogP) is 6.82. The molecule has 0 aliphatic carbocycles. The molecule has 3 unspecified atom stereocenters. The summed E-state index contributed by atoms with van der Waals surface area (Å²) in [7, 11) is 0. The van der Waals surface area contributed by atoms with Gasteiger partial charge in [-0.2, -0.15) is 0 Å². The first-order valence-corrected chi connectivity index (χ1v) is 17.6. The van der Waals surface area contributed by atoms with Gasteiger partial charge in [0.05, 0.1) is 0 Å². The van der Waals surface area contributed by atoms with Gasteiger partial charge in [-0.25, -0.2) is 4.79 Å². The number of carbonyl (C=O) groups excluding carboxylic acids is 2. The van der Waals surface area contributed by atoms with Crippen LogP contribution in [0.5, 0.6) is 0 Å². The number of carbonyl (C=O) groups is 2. The average Bonchev–Trinajstić information content (AvgIpc) is 3.21. The van der Waals surface area contributed by atoms with Gasteiger partial charge in [-0.05, 0) is 86.2 Å². The Morgan fingerprint density at radius 3 is 2.25 bits per heavy atom. The van der Waals surface area contributed by atoms with E-state index in [1.54, 1.807) is 0 Å². The maximum atomic E-state index is 13.3. The summed E-state index contributed by atoms with van der Waals surface area (Å²) in [6, 6.07) is 32.2. The second-order valence-electron chi connectivity index (χ2n) is 13.5. The highest BCUT2D eigenvalue weighted by molar-refractivity contribution is 9.10. The van der Waals surface area contributed by atoms with E-state index in [-0.39, 0.29) is 23.9 Å². The molecule has 8 nitrogen and oxygen atoms in total. The van der Waals surface area contributed by atoms with E-state index in [0.717, 1.165) is 21.7 Å². The van der Waals surface area contributed by atoms with Gasteiger partial charge in [0.1, 0.15) is 11.8 Å². The average molecular weight is 716 g/mol. The van der Waals surface area contributed by atoms with E-state index in [0.29, 0.717) is 44.6 Å². The van der Waals surface area contributed by atoms with Gasteiger partial charge in [0, 0.05) is 54.2 Å². The molecule has 1 aliphatic rings. The van der Waals surface area contributed by atoms with Crippen molar-refractivity contribution in [1.29, 1.82) is 0 Å². The highest BCUT2D eigenvalue weighted by Gasteiger charge is 2.33. The maximum absolute atomic E-state index is 13.3. The van der Waals surface area contributed by atoms with Crippen molar-refractivity contribution in [3.05, 3.63) is 118 Å². The first-order valence-electron chi connectivity index (χ1n) is 16.8. The highest BCUT2D eigenvalue weighted by atomic mass is 79.9. The van der Waals surface area contributed by atoms with Gasteiger partial charge >= 0.3 is 6.09 Å². The summed E-state index contributed by atoms with van der Waals surface area (Å²) in [5.41, 5.74) is 2.42. The van der Waals surface area contributed by atoms with Crippen LogP contribution in [0.25, 0.3) is 10.8 Å². The van der Waals surface area contributed by atoms with Crippen molar-refractivity contribution in [2.45, 2.75) is 69.9 Å². The second-order valence-corrected chi connectivity index (χ2v) is 14.4. The number of ether oxygens (including phenoxy) is 1.